The third-order valence-corrected chi connectivity index (χ3v) is 4.10. The van der Waals surface area contributed by atoms with E-state index in [2.05, 4.69) is 12.1 Å². The Hall–Kier alpha value is -1.00. The van der Waals surface area contributed by atoms with Crippen molar-refractivity contribution in [1.29, 1.82) is 0 Å². The van der Waals surface area contributed by atoms with E-state index in [4.69, 9.17) is 4.74 Å². The van der Waals surface area contributed by atoms with Crippen molar-refractivity contribution >= 4 is 17.7 Å². The molecule has 1 aromatic rings. The van der Waals surface area contributed by atoms with Gasteiger partial charge in [-0.15, -0.1) is 11.8 Å². The van der Waals surface area contributed by atoms with Crippen molar-refractivity contribution in [3.05, 3.63) is 35.9 Å². The fraction of sp³-hybridized carbons (Fsp3) is 0.533. The highest BCUT2D eigenvalue weighted by atomic mass is 32.2. The van der Waals surface area contributed by atoms with Gasteiger partial charge in [0.05, 0.1) is 18.0 Å². The van der Waals surface area contributed by atoms with Gasteiger partial charge in [-0.1, -0.05) is 30.3 Å². The van der Waals surface area contributed by atoms with Crippen molar-refractivity contribution in [2.45, 2.75) is 31.8 Å². The van der Waals surface area contributed by atoms with Gasteiger partial charge < -0.3 is 9.64 Å². The van der Waals surface area contributed by atoms with Gasteiger partial charge in [0.25, 0.3) is 0 Å². The fourth-order valence-corrected chi connectivity index (χ4v) is 3.19. The predicted octanol–water partition coefficient (Wildman–Crippen LogP) is 2.56. The molecule has 1 amide bonds. The Morgan fingerprint density at radius 2 is 1.89 bits per heavy atom. The number of nitrogens with zero attached hydrogens (tertiary/aromatic N) is 1. The third-order valence-electron chi connectivity index (χ3n) is 3.11. The van der Waals surface area contributed by atoms with E-state index in [1.165, 1.54) is 5.56 Å². The highest BCUT2D eigenvalue weighted by Crippen LogP contribution is 2.15. The molecule has 1 fully saturated rings. The monoisotopic (exact) mass is 279 g/mol. The molecule has 0 spiro atoms. The zero-order valence-electron chi connectivity index (χ0n) is 11.5. The number of hydrogen-bond donors (Lipinski definition) is 0. The summed E-state index contributed by atoms with van der Waals surface area (Å²) < 4.78 is 5.64. The third kappa shape index (κ3) is 4.55. The molecule has 2 rings (SSSR count). The minimum Gasteiger partial charge on any atom is -0.372 e. The zero-order chi connectivity index (χ0) is 13.7. The van der Waals surface area contributed by atoms with Gasteiger partial charge in [0.15, 0.2) is 0 Å². The van der Waals surface area contributed by atoms with E-state index in [9.17, 15) is 4.79 Å². The Balaban J connectivity index is 1.75. The van der Waals surface area contributed by atoms with Gasteiger partial charge in [0, 0.05) is 18.8 Å². The second-order valence-corrected chi connectivity index (χ2v) is 6.02. The van der Waals surface area contributed by atoms with E-state index >= 15 is 0 Å². The molecular weight excluding hydrogens is 258 g/mol. The van der Waals surface area contributed by atoms with E-state index in [0.717, 1.165) is 18.8 Å². The number of amides is 1. The maximum atomic E-state index is 12.1. The number of rotatable bonds is 4. The molecule has 1 aromatic carbocycles. The number of thioether (sulfide) groups is 1. The lowest BCUT2D eigenvalue weighted by molar-refractivity contribution is -0.140. The van der Waals surface area contributed by atoms with Crippen molar-refractivity contribution < 1.29 is 9.53 Å². The number of carbonyl (C=O) groups is 1. The SMILES string of the molecule is C[C@@H]1CN(C(=O)CSCc2ccccc2)C[C@@H](C)O1. The summed E-state index contributed by atoms with van der Waals surface area (Å²) in [6.07, 6.45) is 0.290. The molecule has 1 saturated heterocycles. The fourth-order valence-electron chi connectivity index (χ4n) is 2.30. The first-order chi connectivity index (χ1) is 9.15. The van der Waals surface area contributed by atoms with Crippen LogP contribution in [-0.4, -0.2) is 41.9 Å². The van der Waals surface area contributed by atoms with Crippen molar-refractivity contribution in [3.8, 4) is 0 Å². The molecule has 3 nitrogen and oxygen atoms in total. The first-order valence-corrected chi connectivity index (χ1v) is 7.85. The van der Waals surface area contributed by atoms with Crippen LogP contribution in [0, 0.1) is 0 Å². The standard InChI is InChI=1S/C15H21NO2S/c1-12-8-16(9-13(2)18-12)15(17)11-19-10-14-6-4-3-5-7-14/h3-7,12-13H,8-11H2,1-2H3/t12-,13-/m1/s1. The number of carbonyl (C=O) groups excluding carboxylic acids is 1. The quantitative estimate of drug-likeness (QED) is 0.848. The molecule has 0 bridgehead atoms. The molecule has 4 heteroatoms. The molecular formula is C15H21NO2S. The number of ether oxygens (including phenoxy) is 1. The van der Waals surface area contributed by atoms with Gasteiger partial charge in [0.1, 0.15) is 0 Å². The molecule has 0 aromatic heterocycles. The molecule has 1 heterocycles. The highest BCUT2D eigenvalue weighted by molar-refractivity contribution is 7.99. The zero-order valence-corrected chi connectivity index (χ0v) is 12.4. The maximum absolute atomic E-state index is 12.1. The van der Waals surface area contributed by atoms with Crippen molar-refractivity contribution in [1.82, 2.24) is 4.90 Å². The topological polar surface area (TPSA) is 29.5 Å². The molecule has 0 aliphatic carbocycles. The molecule has 19 heavy (non-hydrogen) atoms. The average Bonchev–Trinajstić information content (AvgIpc) is 2.38. The number of morpholine rings is 1. The second-order valence-electron chi connectivity index (χ2n) is 5.03. The van der Waals surface area contributed by atoms with Crippen LogP contribution in [0.5, 0.6) is 0 Å². The summed E-state index contributed by atoms with van der Waals surface area (Å²) in [5.41, 5.74) is 1.27. The van der Waals surface area contributed by atoms with Gasteiger partial charge in [0.2, 0.25) is 5.91 Å². The van der Waals surface area contributed by atoms with Crippen LogP contribution in [-0.2, 0) is 15.3 Å². The minimum atomic E-state index is 0.145. The van der Waals surface area contributed by atoms with Gasteiger partial charge >= 0.3 is 0 Å². The van der Waals surface area contributed by atoms with E-state index in [-0.39, 0.29) is 18.1 Å². The van der Waals surface area contributed by atoms with E-state index in [1.807, 2.05) is 36.9 Å². The Morgan fingerprint density at radius 3 is 2.53 bits per heavy atom. The lowest BCUT2D eigenvalue weighted by atomic mass is 10.2. The van der Waals surface area contributed by atoms with Crippen LogP contribution in [0.25, 0.3) is 0 Å². The van der Waals surface area contributed by atoms with Crippen LogP contribution in [0.4, 0.5) is 0 Å². The van der Waals surface area contributed by atoms with E-state index in [1.54, 1.807) is 11.8 Å². The molecule has 0 N–H and O–H groups in total. The Bertz CT molecular complexity index is 400. The van der Waals surface area contributed by atoms with Crippen LogP contribution < -0.4 is 0 Å². The van der Waals surface area contributed by atoms with Crippen LogP contribution in [0.1, 0.15) is 19.4 Å². The number of benzene rings is 1. The molecule has 2 atom stereocenters. The molecule has 0 saturated carbocycles. The lowest BCUT2D eigenvalue weighted by Crippen LogP contribution is -2.48. The summed E-state index contributed by atoms with van der Waals surface area (Å²) in [5, 5.41) is 0. The van der Waals surface area contributed by atoms with Crippen molar-refractivity contribution in [2.24, 2.45) is 0 Å². The lowest BCUT2D eigenvalue weighted by Gasteiger charge is -2.35. The Kier molecular flexibility index (Phi) is 5.28. The first kappa shape index (κ1) is 14.4. The molecule has 0 unspecified atom stereocenters. The highest BCUT2D eigenvalue weighted by Gasteiger charge is 2.25. The maximum Gasteiger partial charge on any atom is 0.232 e. The van der Waals surface area contributed by atoms with Gasteiger partial charge in [-0.2, -0.15) is 0 Å². The summed E-state index contributed by atoms with van der Waals surface area (Å²) in [5.74, 6) is 1.67. The van der Waals surface area contributed by atoms with E-state index < -0.39 is 0 Å². The van der Waals surface area contributed by atoms with Gasteiger partial charge in [-0.3, -0.25) is 4.79 Å². The van der Waals surface area contributed by atoms with Crippen LogP contribution >= 0.6 is 11.8 Å². The van der Waals surface area contributed by atoms with Crippen LogP contribution in [0.15, 0.2) is 30.3 Å². The number of hydrogen-bond acceptors (Lipinski definition) is 3. The summed E-state index contributed by atoms with van der Waals surface area (Å²) in [6.45, 7) is 5.48. The van der Waals surface area contributed by atoms with Crippen LogP contribution in [0.2, 0.25) is 0 Å². The summed E-state index contributed by atoms with van der Waals surface area (Å²) in [4.78, 5) is 14.1. The van der Waals surface area contributed by atoms with Crippen molar-refractivity contribution in [2.75, 3.05) is 18.8 Å². The largest absolute Gasteiger partial charge is 0.372 e. The molecule has 0 radical (unpaired) electrons. The van der Waals surface area contributed by atoms with Gasteiger partial charge in [-0.05, 0) is 19.4 Å². The van der Waals surface area contributed by atoms with Gasteiger partial charge in [-0.25, -0.2) is 0 Å². The summed E-state index contributed by atoms with van der Waals surface area (Å²) in [6, 6.07) is 10.3. The summed E-state index contributed by atoms with van der Waals surface area (Å²) >= 11 is 1.68. The molecule has 104 valence electrons. The average molecular weight is 279 g/mol. The molecule has 1 aliphatic heterocycles. The molecule has 1 aliphatic rings. The van der Waals surface area contributed by atoms with Crippen LogP contribution in [0.3, 0.4) is 0 Å². The Labute approximate surface area is 119 Å². The minimum absolute atomic E-state index is 0.145. The second kappa shape index (κ2) is 6.96. The predicted molar refractivity (Wildman–Crippen MR) is 79.2 cm³/mol. The summed E-state index contributed by atoms with van der Waals surface area (Å²) in [7, 11) is 0. The van der Waals surface area contributed by atoms with E-state index in [0.29, 0.717) is 5.75 Å². The Morgan fingerprint density at radius 1 is 1.26 bits per heavy atom. The smallest absolute Gasteiger partial charge is 0.232 e. The first-order valence-electron chi connectivity index (χ1n) is 6.70. The van der Waals surface area contributed by atoms with Crippen molar-refractivity contribution in [3.63, 3.8) is 0 Å². The normalized spacial score (nSPS) is 23.4.